The fourth-order valence-electron chi connectivity index (χ4n) is 2.76. The summed E-state index contributed by atoms with van der Waals surface area (Å²) < 4.78 is 11.4. The second-order valence-corrected chi connectivity index (χ2v) is 6.68. The van der Waals surface area contributed by atoms with Crippen molar-refractivity contribution in [2.24, 2.45) is 11.1 Å². The Bertz CT molecular complexity index is 432. The first-order chi connectivity index (χ1) is 9.42. The monoisotopic (exact) mass is 281 g/mol. The van der Waals surface area contributed by atoms with E-state index in [1.807, 2.05) is 13.8 Å². The van der Waals surface area contributed by atoms with Gasteiger partial charge < -0.3 is 15.0 Å². The van der Waals surface area contributed by atoms with E-state index >= 15 is 0 Å². The third kappa shape index (κ3) is 3.04. The van der Waals surface area contributed by atoms with Gasteiger partial charge in [-0.15, -0.1) is 0 Å². The highest BCUT2D eigenvalue weighted by molar-refractivity contribution is 5.06. The number of hydrogen-bond acceptors (Lipinski definition) is 5. The molecule has 114 valence electrons. The summed E-state index contributed by atoms with van der Waals surface area (Å²) in [6, 6.07) is 0. The maximum atomic E-state index is 6.06. The Labute approximate surface area is 121 Å². The number of ether oxygens (including phenoxy) is 1. The van der Waals surface area contributed by atoms with Gasteiger partial charge in [-0.3, -0.25) is 0 Å². The molecule has 1 atom stereocenters. The van der Waals surface area contributed by atoms with E-state index in [4.69, 9.17) is 15.0 Å². The molecule has 0 spiro atoms. The molecular formula is C15H27N3O2. The van der Waals surface area contributed by atoms with Crippen molar-refractivity contribution in [3.8, 4) is 0 Å². The van der Waals surface area contributed by atoms with Crippen LogP contribution in [0.25, 0.3) is 0 Å². The molecule has 0 saturated heterocycles. The summed E-state index contributed by atoms with van der Waals surface area (Å²) in [4.78, 5) is 4.56. The molecule has 0 aromatic carbocycles. The number of nitrogens with two attached hydrogens (primary N) is 1. The Hall–Kier alpha value is -0.940. The lowest BCUT2D eigenvalue weighted by molar-refractivity contribution is -0.0957. The summed E-state index contributed by atoms with van der Waals surface area (Å²) in [7, 11) is 0. The molecule has 1 aromatic heterocycles. The van der Waals surface area contributed by atoms with Crippen molar-refractivity contribution in [1.82, 2.24) is 10.1 Å². The van der Waals surface area contributed by atoms with Gasteiger partial charge >= 0.3 is 0 Å². The Morgan fingerprint density at radius 3 is 2.50 bits per heavy atom. The fourth-order valence-corrected chi connectivity index (χ4v) is 2.76. The molecule has 20 heavy (non-hydrogen) atoms. The number of hydrogen-bond donors (Lipinski definition) is 1. The van der Waals surface area contributed by atoms with Crippen molar-refractivity contribution in [2.75, 3.05) is 13.2 Å². The molecule has 0 amide bonds. The van der Waals surface area contributed by atoms with Crippen molar-refractivity contribution in [1.29, 1.82) is 0 Å². The van der Waals surface area contributed by atoms with E-state index in [-0.39, 0.29) is 11.5 Å². The van der Waals surface area contributed by atoms with Crippen molar-refractivity contribution < 1.29 is 9.26 Å². The molecule has 0 aliphatic heterocycles. The van der Waals surface area contributed by atoms with Crippen molar-refractivity contribution in [3.63, 3.8) is 0 Å². The smallest absolute Gasteiger partial charge is 0.230 e. The molecule has 2 rings (SSSR count). The molecule has 5 nitrogen and oxygen atoms in total. The van der Waals surface area contributed by atoms with Crippen LogP contribution in [-0.2, 0) is 10.3 Å². The first-order valence-corrected chi connectivity index (χ1v) is 7.60. The van der Waals surface area contributed by atoms with Crippen molar-refractivity contribution >= 4 is 0 Å². The summed E-state index contributed by atoms with van der Waals surface area (Å²) in [6.45, 7) is 9.80. The molecule has 5 heteroatoms. The summed E-state index contributed by atoms with van der Waals surface area (Å²) in [5, 5.41) is 4.18. The fraction of sp³-hybridized carbons (Fsp3) is 0.867. The first kappa shape index (κ1) is 15.4. The van der Waals surface area contributed by atoms with Crippen LogP contribution in [0, 0.1) is 5.41 Å². The highest BCUT2D eigenvalue weighted by Crippen LogP contribution is 2.46. The van der Waals surface area contributed by atoms with Gasteiger partial charge in [-0.05, 0) is 38.0 Å². The molecule has 0 bridgehead atoms. The quantitative estimate of drug-likeness (QED) is 0.898. The maximum Gasteiger partial charge on any atom is 0.230 e. The van der Waals surface area contributed by atoms with Gasteiger partial charge in [0.1, 0.15) is 5.60 Å². The van der Waals surface area contributed by atoms with Crippen LogP contribution in [0.3, 0.4) is 0 Å². The van der Waals surface area contributed by atoms with Crippen molar-refractivity contribution in [3.05, 3.63) is 11.7 Å². The molecule has 0 radical (unpaired) electrons. The second kappa shape index (κ2) is 5.82. The molecule has 1 aromatic rings. The van der Waals surface area contributed by atoms with Crippen LogP contribution in [0.4, 0.5) is 0 Å². The first-order valence-electron chi connectivity index (χ1n) is 7.60. The molecule has 2 N–H and O–H groups in total. The zero-order valence-corrected chi connectivity index (χ0v) is 13.1. The Balaban J connectivity index is 2.22. The number of nitrogens with zero attached hydrogens (tertiary/aromatic N) is 2. The summed E-state index contributed by atoms with van der Waals surface area (Å²) in [6.07, 6.45) is 4.13. The average molecular weight is 281 g/mol. The van der Waals surface area contributed by atoms with Crippen LogP contribution in [0.15, 0.2) is 4.52 Å². The van der Waals surface area contributed by atoms with Crippen LogP contribution in [-0.4, -0.2) is 23.3 Å². The normalized spacial score (nSPS) is 22.6. The van der Waals surface area contributed by atoms with E-state index in [1.54, 1.807) is 0 Å². The second-order valence-electron chi connectivity index (χ2n) is 6.68. The standard InChI is InChI=1S/C15H27N3O2/c1-5-19-15(8-6-14(3,4)7-9-15)13-17-12(20-18-13)11(2)10-16/h11H,5-10,16H2,1-4H3. The predicted molar refractivity (Wildman–Crippen MR) is 77.3 cm³/mol. The minimum atomic E-state index is -0.375. The number of rotatable bonds is 5. The summed E-state index contributed by atoms with van der Waals surface area (Å²) in [5.41, 5.74) is 5.66. The molecule has 1 aliphatic rings. The van der Waals surface area contributed by atoms with E-state index < -0.39 is 0 Å². The third-order valence-corrected chi connectivity index (χ3v) is 4.46. The van der Waals surface area contributed by atoms with Crippen LogP contribution in [0.5, 0.6) is 0 Å². The van der Waals surface area contributed by atoms with E-state index in [0.29, 0.717) is 30.3 Å². The zero-order chi connectivity index (χ0) is 14.8. The van der Waals surface area contributed by atoms with E-state index in [1.165, 1.54) is 0 Å². The minimum Gasteiger partial charge on any atom is -0.367 e. The minimum absolute atomic E-state index is 0.0926. The van der Waals surface area contributed by atoms with Crippen LogP contribution in [0.1, 0.15) is 71.0 Å². The molecule has 1 aliphatic carbocycles. The zero-order valence-electron chi connectivity index (χ0n) is 13.1. The lowest BCUT2D eigenvalue weighted by atomic mass is 9.70. The molecule has 1 fully saturated rings. The van der Waals surface area contributed by atoms with Gasteiger partial charge in [0.15, 0.2) is 0 Å². The largest absolute Gasteiger partial charge is 0.367 e. The van der Waals surface area contributed by atoms with Gasteiger partial charge in [0.25, 0.3) is 0 Å². The van der Waals surface area contributed by atoms with Gasteiger partial charge in [0.2, 0.25) is 11.7 Å². The lowest BCUT2D eigenvalue weighted by Crippen LogP contribution is -2.38. The Morgan fingerprint density at radius 2 is 1.95 bits per heavy atom. The lowest BCUT2D eigenvalue weighted by Gasteiger charge is -2.41. The topological polar surface area (TPSA) is 74.2 Å². The van der Waals surface area contributed by atoms with Crippen molar-refractivity contribution in [2.45, 2.75) is 64.9 Å². The Kier molecular flexibility index (Phi) is 4.49. The maximum absolute atomic E-state index is 6.06. The summed E-state index contributed by atoms with van der Waals surface area (Å²) >= 11 is 0. The van der Waals surface area contributed by atoms with E-state index in [0.717, 1.165) is 25.7 Å². The Morgan fingerprint density at radius 1 is 1.30 bits per heavy atom. The molecule has 1 unspecified atom stereocenters. The molecule has 1 saturated carbocycles. The van der Waals surface area contributed by atoms with E-state index in [9.17, 15) is 0 Å². The van der Waals surface area contributed by atoms with Crippen LogP contribution < -0.4 is 5.73 Å². The summed E-state index contributed by atoms with van der Waals surface area (Å²) in [5.74, 6) is 1.41. The molecule has 1 heterocycles. The van der Waals surface area contributed by atoms with Crippen LogP contribution in [0.2, 0.25) is 0 Å². The third-order valence-electron chi connectivity index (χ3n) is 4.46. The predicted octanol–water partition coefficient (Wildman–Crippen LogP) is 2.96. The van der Waals surface area contributed by atoms with Gasteiger partial charge in [-0.25, -0.2) is 0 Å². The average Bonchev–Trinajstić information content (AvgIpc) is 2.91. The number of aromatic nitrogens is 2. The van der Waals surface area contributed by atoms with Gasteiger partial charge in [-0.2, -0.15) is 4.98 Å². The highest BCUT2D eigenvalue weighted by Gasteiger charge is 2.44. The SMILES string of the molecule is CCOC1(c2noc(C(C)CN)n2)CCC(C)(C)CC1. The van der Waals surface area contributed by atoms with E-state index in [2.05, 4.69) is 24.0 Å². The highest BCUT2D eigenvalue weighted by atomic mass is 16.5. The van der Waals surface area contributed by atoms with Gasteiger partial charge in [-0.1, -0.05) is 25.9 Å². The van der Waals surface area contributed by atoms with Crippen LogP contribution >= 0.6 is 0 Å². The van der Waals surface area contributed by atoms with Gasteiger partial charge in [0.05, 0.1) is 0 Å². The van der Waals surface area contributed by atoms with Gasteiger partial charge in [0, 0.05) is 19.1 Å². The molecular weight excluding hydrogens is 254 g/mol.